The van der Waals surface area contributed by atoms with E-state index >= 15 is 0 Å². The number of halogens is 1. The minimum absolute atomic E-state index is 0.296. The van der Waals surface area contributed by atoms with Gasteiger partial charge in [-0.05, 0) is 41.9 Å². The number of carbonyl (C=O) groups is 1. The van der Waals surface area contributed by atoms with Crippen molar-refractivity contribution < 1.29 is 18.5 Å². The third kappa shape index (κ3) is 2.26. The Hall–Kier alpha value is -1.56. The predicted octanol–water partition coefficient (Wildman–Crippen LogP) is 3.18. The zero-order chi connectivity index (χ0) is 12.4. The molecule has 0 aliphatic heterocycles. The van der Waals surface area contributed by atoms with Gasteiger partial charge in [-0.25, -0.2) is 4.79 Å². The molecule has 6 heteroatoms. The van der Waals surface area contributed by atoms with E-state index < -0.39 is 5.97 Å². The standard InChI is InChI=1S/C11H10BrNO4/c1-3-15-11(14)9-6(2)17-13-10(9)7-4-5-8(12)16-7/h4-5H,3H2,1-2H3. The summed E-state index contributed by atoms with van der Waals surface area (Å²) in [6.45, 7) is 3.69. The van der Waals surface area contributed by atoms with Crippen LogP contribution in [-0.2, 0) is 4.74 Å². The van der Waals surface area contributed by atoms with Crippen molar-refractivity contribution in [3.8, 4) is 11.5 Å². The molecular formula is C11H10BrNO4. The Kier molecular flexibility index (Phi) is 3.33. The monoisotopic (exact) mass is 299 g/mol. The molecule has 17 heavy (non-hydrogen) atoms. The lowest BCUT2D eigenvalue weighted by molar-refractivity contribution is 0.0525. The van der Waals surface area contributed by atoms with Gasteiger partial charge >= 0.3 is 5.97 Å². The van der Waals surface area contributed by atoms with Crippen LogP contribution in [0.25, 0.3) is 11.5 Å². The van der Waals surface area contributed by atoms with Crippen LogP contribution >= 0.6 is 15.9 Å². The van der Waals surface area contributed by atoms with Crippen LogP contribution in [0.5, 0.6) is 0 Å². The number of esters is 1. The minimum Gasteiger partial charge on any atom is -0.462 e. The lowest BCUT2D eigenvalue weighted by Crippen LogP contribution is -2.06. The molecule has 0 saturated carbocycles. The molecule has 5 nitrogen and oxygen atoms in total. The Balaban J connectivity index is 2.45. The van der Waals surface area contributed by atoms with Crippen molar-refractivity contribution in [2.75, 3.05) is 6.61 Å². The number of ether oxygens (including phenoxy) is 1. The van der Waals surface area contributed by atoms with Crippen molar-refractivity contribution in [3.05, 3.63) is 28.1 Å². The highest BCUT2D eigenvalue weighted by Gasteiger charge is 2.24. The third-order valence-electron chi connectivity index (χ3n) is 2.15. The molecule has 2 aromatic heterocycles. The van der Waals surface area contributed by atoms with Gasteiger partial charge in [-0.1, -0.05) is 5.16 Å². The van der Waals surface area contributed by atoms with Crippen molar-refractivity contribution >= 4 is 21.9 Å². The number of aryl methyl sites for hydroxylation is 1. The lowest BCUT2D eigenvalue weighted by atomic mass is 10.1. The fraction of sp³-hybridized carbons (Fsp3) is 0.273. The van der Waals surface area contributed by atoms with E-state index in [1.54, 1.807) is 26.0 Å². The summed E-state index contributed by atoms with van der Waals surface area (Å²) in [6.07, 6.45) is 0. The highest BCUT2D eigenvalue weighted by molar-refractivity contribution is 9.10. The van der Waals surface area contributed by atoms with E-state index in [0.717, 1.165) is 0 Å². The first-order chi connectivity index (χ1) is 8.13. The quantitative estimate of drug-likeness (QED) is 0.814. The highest BCUT2D eigenvalue weighted by Crippen LogP contribution is 2.29. The molecule has 0 amide bonds. The zero-order valence-corrected chi connectivity index (χ0v) is 10.9. The molecule has 2 aromatic rings. The van der Waals surface area contributed by atoms with E-state index in [4.69, 9.17) is 13.7 Å². The van der Waals surface area contributed by atoms with Gasteiger partial charge in [0.1, 0.15) is 11.3 Å². The molecule has 0 fully saturated rings. The van der Waals surface area contributed by atoms with Gasteiger partial charge < -0.3 is 13.7 Å². The Morgan fingerprint density at radius 2 is 2.29 bits per heavy atom. The van der Waals surface area contributed by atoms with Gasteiger partial charge in [0.15, 0.2) is 16.1 Å². The average molecular weight is 300 g/mol. The highest BCUT2D eigenvalue weighted by atomic mass is 79.9. The normalized spacial score (nSPS) is 10.5. The number of carbonyl (C=O) groups excluding carboxylic acids is 1. The van der Waals surface area contributed by atoms with Crippen molar-refractivity contribution in [2.45, 2.75) is 13.8 Å². The third-order valence-corrected chi connectivity index (χ3v) is 2.58. The SMILES string of the molecule is CCOC(=O)c1c(-c2ccc(Br)o2)noc1C. The van der Waals surface area contributed by atoms with Crippen LogP contribution in [0.4, 0.5) is 0 Å². The molecule has 0 atom stereocenters. The van der Waals surface area contributed by atoms with Crippen molar-refractivity contribution in [1.29, 1.82) is 0 Å². The first-order valence-electron chi connectivity index (χ1n) is 5.02. The second-order valence-electron chi connectivity index (χ2n) is 3.29. The molecule has 0 radical (unpaired) electrons. The average Bonchev–Trinajstić information content (AvgIpc) is 2.85. The number of rotatable bonds is 3. The largest absolute Gasteiger partial charge is 0.462 e. The first kappa shape index (κ1) is 11.9. The molecule has 0 aromatic carbocycles. The predicted molar refractivity (Wildman–Crippen MR) is 62.6 cm³/mol. The van der Waals surface area contributed by atoms with Crippen LogP contribution in [0.1, 0.15) is 23.0 Å². The fourth-order valence-corrected chi connectivity index (χ4v) is 1.73. The Morgan fingerprint density at radius 1 is 1.53 bits per heavy atom. The molecule has 0 N–H and O–H groups in total. The van der Waals surface area contributed by atoms with Crippen molar-refractivity contribution in [3.63, 3.8) is 0 Å². The summed E-state index contributed by atoms with van der Waals surface area (Å²) in [7, 11) is 0. The van der Waals surface area contributed by atoms with Crippen molar-refractivity contribution in [2.24, 2.45) is 0 Å². The molecule has 0 saturated heterocycles. The number of furan rings is 1. The van der Waals surface area contributed by atoms with E-state index in [1.807, 2.05) is 0 Å². The number of hydrogen-bond acceptors (Lipinski definition) is 5. The summed E-state index contributed by atoms with van der Waals surface area (Å²) in [5, 5.41) is 3.81. The summed E-state index contributed by atoms with van der Waals surface area (Å²) in [5.41, 5.74) is 0.653. The molecule has 0 aliphatic rings. The second kappa shape index (κ2) is 4.75. The number of hydrogen-bond donors (Lipinski definition) is 0. The van der Waals surface area contributed by atoms with E-state index in [2.05, 4.69) is 21.1 Å². The smallest absolute Gasteiger partial charge is 0.344 e. The summed E-state index contributed by atoms with van der Waals surface area (Å²) in [6, 6.07) is 3.42. The molecule has 0 unspecified atom stereocenters. The fourth-order valence-electron chi connectivity index (χ4n) is 1.43. The van der Waals surface area contributed by atoms with Gasteiger partial charge in [0.2, 0.25) is 0 Å². The minimum atomic E-state index is -0.464. The van der Waals surface area contributed by atoms with E-state index in [-0.39, 0.29) is 0 Å². The van der Waals surface area contributed by atoms with E-state index in [9.17, 15) is 4.79 Å². The molecule has 2 heterocycles. The molecule has 2 rings (SSSR count). The molecule has 0 bridgehead atoms. The maximum absolute atomic E-state index is 11.8. The topological polar surface area (TPSA) is 65.5 Å². The van der Waals surface area contributed by atoms with Crippen LogP contribution in [-0.4, -0.2) is 17.7 Å². The number of nitrogens with zero attached hydrogens (tertiary/aromatic N) is 1. The summed E-state index contributed by atoms with van der Waals surface area (Å²) < 4.78 is 15.8. The van der Waals surface area contributed by atoms with Gasteiger partial charge in [0.05, 0.1) is 6.61 Å². The Morgan fingerprint density at radius 3 is 2.88 bits per heavy atom. The van der Waals surface area contributed by atoms with Crippen LogP contribution in [0.3, 0.4) is 0 Å². The van der Waals surface area contributed by atoms with E-state index in [0.29, 0.717) is 34.1 Å². The summed E-state index contributed by atoms with van der Waals surface area (Å²) in [4.78, 5) is 11.8. The van der Waals surface area contributed by atoms with Gasteiger partial charge in [0.25, 0.3) is 0 Å². The van der Waals surface area contributed by atoms with Gasteiger partial charge in [-0.15, -0.1) is 0 Å². The zero-order valence-electron chi connectivity index (χ0n) is 9.32. The maximum atomic E-state index is 11.8. The van der Waals surface area contributed by atoms with Gasteiger partial charge in [-0.3, -0.25) is 0 Å². The number of aromatic nitrogens is 1. The van der Waals surface area contributed by atoms with Crippen LogP contribution in [0, 0.1) is 6.92 Å². The Bertz CT molecular complexity index is 543. The Labute approximate surface area is 106 Å². The van der Waals surface area contributed by atoms with Crippen molar-refractivity contribution in [1.82, 2.24) is 5.16 Å². The molecule has 90 valence electrons. The maximum Gasteiger partial charge on any atom is 0.344 e. The van der Waals surface area contributed by atoms with Gasteiger partial charge in [0, 0.05) is 0 Å². The summed E-state index contributed by atoms with van der Waals surface area (Å²) in [5.74, 6) is 0.400. The summed E-state index contributed by atoms with van der Waals surface area (Å²) >= 11 is 3.19. The van der Waals surface area contributed by atoms with Crippen LogP contribution in [0.15, 0.2) is 25.7 Å². The second-order valence-corrected chi connectivity index (χ2v) is 4.07. The molecular weight excluding hydrogens is 290 g/mol. The van der Waals surface area contributed by atoms with Crippen LogP contribution in [0.2, 0.25) is 0 Å². The molecule has 0 spiro atoms. The molecule has 0 aliphatic carbocycles. The lowest BCUT2D eigenvalue weighted by Gasteiger charge is -2.00. The van der Waals surface area contributed by atoms with E-state index in [1.165, 1.54) is 0 Å². The first-order valence-corrected chi connectivity index (χ1v) is 5.82. The van der Waals surface area contributed by atoms with Crippen LogP contribution < -0.4 is 0 Å². The van der Waals surface area contributed by atoms with Gasteiger partial charge in [-0.2, -0.15) is 0 Å².